The molecule has 1 saturated carbocycles. The van der Waals surface area contributed by atoms with E-state index in [1.165, 1.54) is 0 Å². The van der Waals surface area contributed by atoms with Gasteiger partial charge >= 0.3 is 0 Å². The molecule has 2 fully saturated rings. The van der Waals surface area contributed by atoms with Crippen molar-refractivity contribution >= 4 is 5.91 Å². The number of carbonyl (C=O) groups excluding carboxylic acids is 1. The number of aliphatic hydroxyl groups is 1. The molecule has 1 unspecified atom stereocenters. The molecule has 1 aromatic carbocycles. The van der Waals surface area contributed by atoms with Crippen molar-refractivity contribution in [3.8, 4) is 6.07 Å². The molecule has 1 saturated heterocycles. The van der Waals surface area contributed by atoms with Crippen molar-refractivity contribution in [1.29, 1.82) is 5.26 Å². The van der Waals surface area contributed by atoms with E-state index < -0.39 is 11.0 Å². The molecule has 1 aromatic rings. The zero-order valence-corrected chi connectivity index (χ0v) is 20.4. The van der Waals surface area contributed by atoms with Crippen LogP contribution in [0, 0.1) is 17.2 Å². The smallest absolute Gasteiger partial charge is 0.254 e. The number of amides is 1. The van der Waals surface area contributed by atoms with Crippen LogP contribution >= 0.6 is 0 Å². The Balaban J connectivity index is 0.00000176. The summed E-state index contributed by atoms with van der Waals surface area (Å²) in [4.78, 5) is 15.4. The quantitative estimate of drug-likeness (QED) is 0.577. The fourth-order valence-corrected chi connectivity index (χ4v) is 4.28. The highest BCUT2D eigenvalue weighted by Gasteiger charge is 2.47. The van der Waals surface area contributed by atoms with Gasteiger partial charge in [0, 0.05) is 24.1 Å². The highest BCUT2D eigenvalue weighted by molar-refractivity contribution is 5.96. The van der Waals surface area contributed by atoms with E-state index in [9.17, 15) is 15.2 Å². The van der Waals surface area contributed by atoms with Crippen molar-refractivity contribution in [2.45, 2.75) is 84.3 Å². The maximum Gasteiger partial charge on any atom is 0.254 e. The van der Waals surface area contributed by atoms with Gasteiger partial charge in [0.15, 0.2) is 0 Å². The molecule has 1 aliphatic carbocycles. The van der Waals surface area contributed by atoms with Crippen LogP contribution in [-0.2, 0) is 10.2 Å². The number of allylic oxidation sites excluding steroid dienone is 1. The van der Waals surface area contributed by atoms with Gasteiger partial charge in [0.1, 0.15) is 5.76 Å². The number of nitrogens with zero attached hydrogens (tertiary/aromatic N) is 2. The number of rotatable bonds is 6. The predicted molar refractivity (Wildman–Crippen MR) is 128 cm³/mol. The standard InChI is InChI=1S/C25H32N2O3.C2H6/c1-17-10-11-20(19(3)30-18(2)14-24(4,5)29)15-27(17)23(28)21-8-6-7-9-22(21)25(16-26)12-13-25;1-2/h6-9,14,17,20,29H,3,10-13,15H2,1-2,4-5H3;1-2H3/b18-14+;/t17-,20?;/m1./s1. The van der Waals surface area contributed by atoms with Crippen LogP contribution in [0.4, 0.5) is 0 Å². The molecule has 0 radical (unpaired) electrons. The highest BCUT2D eigenvalue weighted by Crippen LogP contribution is 2.49. The van der Waals surface area contributed by atoms with E-state index in [4.69, 9.17) is 4.74 Å². The lowest BCUT2D eigenvalue weighted by molar-refractivity contribution is 0.0542. The Morgan fingerprint density at radius 2 is 1.94 bits per heavy atom. The van der Waals surface area contributed by atoms with E-state index >= 15 is 0 Å². The summed E-state index contributed by atoms with van der Waals surface area (Å²) in [5.74, 6) is 1.20. The Kier molecular flexibility index (Phi) is 8.31. The van der Waals surface area contributed by atoms with Crippen LogP contribution in [0.25, 0.3) is 0 Å². The maximum atomic E-state index is 13.5. The van der Waals surface area contributed by atoms with Gasteiger partial charge in [0.25, 0.3) is 5.91 Å². The average Bonchev–Trinajstić information content (AvgIpc) is 3.55. The Bertz CT molecular complexity index is 900. The Labute approximate surface area is 193 Å². The zero-order valence-electron chi connectivity index (χ0n) is 20.4. The molecule has 32 heavy (non-hydrogen) atoms. The van der Waals surface area contributed by atoms with Gasteiger partial charge in [0.2, 0.25) is 0 Å². The van der Waals surface area contributed by atoms with Gasteiger partial charge < -0.3 is 14.7 Å². The Morgan fingerprint density at radius 1 is 1.31 bits per heavy atom. The van der Waals surface area contributed by atoms with Gasteiger partial charge in [0.05, 0.1) is 22.8 Å². The first kappa shape index (κ1) is 25.7. The third kappa shape index (κ3) is 6.01. The molecule has 2 atom stereocenters. The normalized spacial score (nSPS) is 22.2. The Hall–Kier alpha value is -2.58. The van der Waals surface area contributed by atoms with Crippen molar-refractivity contribution in [1.82, 2.24) is 4.90 Å². The number of hydrogen-bond acceptors (Lipinski definition) is 4. The minimum Gasteiger partial charge on any atom is -0.467 e. The molecule has 1 N–H and O–H groups in total. The van der Waals surface area contributed by atoms with E-state index in [-0.39, 0.29) is 17.9 Å². The van der Waals surface area contributed by atoms with E-state index in [1.54, 1.807) is 26.8 Å². The van der Waals surface area contributed by atoms with Gasteiger partial charge in [-0.2, -0.15) is 5.26 Å². The number of piperidine rings is 1. The second-order valence-electron chi connectivity index (χ2n) is 9.30. The first-order valence-electron chi connectivity index (χ1n) is 11.7. The predicted octanol–water partition coefficient (Wildman–Crippen LogP) is 5.71. The summed E-state index contributed by atoms with van der Waals surface area (Å²) in [6.45, 7) is 15.9. The van der Waals surface area contributed by atoms with E-state index in [2.05, 4.69) is 19.6 Å². The van der Waals surface area contributed by atoms with Crippen LogP contribution in [-0.4, -0.2) is 34.1 Å². The molecular weight excluding hydrogens is 400 g/mol. The fraction of sp³-hybridized carbons (Fsp3) is 0.556. The van der Waals surface area contributed by atoms with Crippen LogP contribution in [0.2, 0.25) is 0 Å². The van der Waals surface area contributed by atoms with Crippen LogP contribution < -0.4 is 0 Å². The molecule has 1 aliphatic heterocycles. The summed E-state index contributed by atoms with van der Waals surface area (Å²) >= 11 is 0. The summed E-state index contributed by atoms with van der Waals surface area (Å²) in [5.41, 5.74) is 0.0205. The molecule has 3 rings (SSSR count). The third-order valence-electron chi connectivity index (χ3n) is 6.08. The fourth-order valence-electron chi connectivity index (χ4n) is 4.28. The lowest BCUT2D eigenvalue weighted by atomic mass is 9.89. The largest absolute Gasteiger partial charge is 0.467 e. The molecule has 0 aromatic heterocycles. The summed E-state index contributed by atoms with van der Waals surface area (Å²) in [6.07, 6.45) is 5.02. The van der Waals surface area contributed by atoms with Gasteiger partial charge in [-0.25, -0.2) is 0 Å². The molecule has 5 nitrogen and oxygen atoms in total. The van der Waals surface area contributed by atoms with E-state index in [0.717, 1.165) is 31.2 Å². The third-order valence-corrected chi connectivity index (χ3v) is 6.08. The minimum atomic E-state index is -0.962. The summed E-state index contributed by atoms with van der Waals surface area (Å²) in [5, 5.41) is 19.6. The van der Waals surface area contributed by atoms with Gasteiger partial charge in [-0.15, -0.1) is 0 Å². The van der Waals surface area contributed by atoms with Crippen molar-refractivity contribution < 1.29 is 14.6 Å². The molecule has 0 spiro atoms. The van der Waals surface area contributed by atoms with Crippen LogP contribution in [0.15, 0.2) is 48.4 Å². The molecule has 1 heterocycles. The summed E-state index contributed by atoms with van der Waals surface area (Å²) in [7, 11) is 0. The SMILES string of the molecule is C=C(O/C(C)=C/C(C)(C)O)C1CC[C@@H](C)N(C(=O)c2ccccc2C2(C#N)CC2)C1.CC. The van der Waals surface area contributed by atoms with Gasteiger partial charge in [-0.1, -0.05) is 38.6 Å². The number of carbonyl (C=O) groups is 1. The van der Waals surface area contributed by atoms with Crippen molar-refractivity contribution in [2.24, 2.45) is 5.92 Å². The molecule has 5 heteroatoms. The van der Waals surface area contributed by atoms with Crippen molar-refractivity contribution in [3.63, 3.8) is 0 Å². The molecular formula is C27H38N2O3. The van der Waals surface area contributed by atoms with E-state index in [1.807, 2.05) is 43.0 Å². The molecule has 1 amide bonds. The number of benzene rings is 1. The summed E-state index contributed by atoms with van der Waals surface area (Å²) in [6, 6.07) is 10.1. The lowest BCUT2D eigenvalue weighted by Gasteiger charge is -2.39. The molecule has 2 aliphatic rings. The van der Waals surface area contributed by atoms with Gasteiger partial charge in [-0.05, 0) is 71.1 Å². The number of hydrogen-bond donors (Lipinski definition) is 1. The van der Waals surface area contributed by atoms with E-state index in [0.29, 0.717) is 23.6 Å². The number of likely N-dealkylation sites (tertiary alicyclic amines) is 1. The molecule has 174 valence electrons. The summed E-state index contributed by atoms with van der Waals surface area (Å²) < 4.78 is 5.87. The van der Waals surface area contributed by atoms with Crippen molar-refractivity contribution in [2.75, 3.05) is 6.54 Å². The van der Waals surface area contributed by atoms with Crippen LogP contribution in [0.1, 0.15) is 83.1 Å². The first-order chi connectivity index (χ1) is 15.1. The highest BCUT2D eigenvalue weighted by atomic mass is 16.5. The van der Waals surface area contributed by atoms with Crippen molar-refractivity contribution in [3.05, 3.63) is 59.6 Å². The molecule has 0 bridgehead atoms. The number of nitriles is 1. The second kappa shape index (κ2) is 10.4. The second-order valence-corrected chi connectivity index (χ2v) is 9.30. The number of ether oxygens (including phenoxy) is 1. The van der Waals surface area contributed by atoms with Crippen LogP contribution in [0.3, 0.4) is 0 Å². The average molecular weight is 439 g/mol. The minimum absolute atomic E-state index is 0.0216. The monoisotopic (exact) mass is 438 g/mol. The first-order valence-corrected chi connectivity index (χ1v) is 11.7. The van der Waals surface area contributed by atoms with Gasteiger partial charge in [-0.3, -0.25) is 4.79 Å². The zero-order chi connectivity index (χ0) is 24.1. The lowest BCUT2D eigenvalue weighted by Crippen LogP contribution is -2.46. The Morgan fingerprint density at radius 3 is 2.50 bits per heavy atom. The van der Waals surface area contributed by atoms with Crippen LogP contribution in [0.5, 0.6) is 0 Å². The topological polar surface area (TPSA) is 73.6 Å². The maximum absolute atomic E-state index is 13.5.